The molecule has 1 atom stereocenters. The van der Waals surface area contributed by atoms with E-state index in [0.29, 0.717) is 18.7 Å². The smallest absolute Gasteiger partial charge is 0.416 e. The number of carbonyl (C=O) groups excluding carboxylic acids is 1. The van der Waals surface area contributed by atoms with Gasteiger partial charge in [-0.3, -0.25) is 4.90 Å². The Balaban J connectivity index is 2.04. The lowest BCUT2D eigenvalue weighted by atomic mass is 10.1. The number of hydrogen-bond donors (Lipinski definition) is 0. The summed E-state index contributed by atoms with van der Waals surface area (Å²) in [4.78, 5) is 15.6. The van der Waals surface area contributed by atoms with Crippen LogP contribution < -0.4 is 0 Å². The molecule has 0 aromatic heterocycles. The molecule has 0 bridgehead atoms. The summed E-state index contributed by atoms with van der Waals surface area (Å²) >= 11 is 0. The zero-order valence-electron chi connectivity index (χ0n) is 16.5. The molecule has 1 heterocycles. The molecular formula is C19H25F5N2O3. The second-order valence-corrected chi connectivity index (χ2v) is 7.85. The van der Waals surface area contributed by atoms with E-state index in [2.05, 4.69) is 4.74 Å². The molecule has 1 amide bonds. The quantitative estimate of drug-likeness (QED) is 0.659. The largest absolute Gasteiger partial charge is 0.444 e. The molecule has 1 aromatic rings. The first-order valence-corrected chi connectivity index (χ1v) is 9.13. The zero-order chi connectivity index (χ0) is 21.8. The number of halogens is 5. The van der Waals surface area contributed by atoms with Gasteiger partial charge in [-0.05, 0) is 38.5 Å². The van der Waals surface area contributed by atoms with Crippen LogP contribution in [0.15, 0.2) is 24.3 Å². The molecular weight excluding hydrogens is 399 g/mol. The second kappa shape index (κ2) is 9.25. The molecule has 1 aliphatic heterocycles. The van der Waals surface area contributed by atoms with Gasteiger partial charge in [0.2, 0.25) is 0 Å². The molecule has 1 fully saturated rings. The standard InChI is InChI=1S/C19H25F5N2O3/c1-18(2,3)29-17(27)26-9-8-25(11-15(26)12-28-16(20)21)10-13-4-6-14(7-5-13)19(22,23)24/h4-7,15-16H,8-12H2,1-3H3/t15-/m0/s1. The van der Waals surface area contributed by atoms with E-state index in [-0.39, 0.29) is 19.7 Å². The van der Waals surface area contributed by atoms with E-state index in [1.54, 1.807) is 20.8 Å². The Labute approximate surface area is 166 Å². The second-order valence-electron chi connectivity index (χ2n) is 7.85. The van der Waals surface area contributed by atoms with E-state index >= 15 is 0 Å². The molecule has 29 heavy (non-hydrogen) atoms. The summed E-state index contributed by atoms with van der Waals surface area (Å²) in [5, 5.41) is 0. The Morgan fingerprint density at radius 2 is 1.76 bits per heavy atom. The molecule has 0 saturated carbocycles. The lowest BCUT2D eigenvalue weighted by Gasteiger charge is -2.41. The number of hydrogen-bond acceptors (Lipinski definition) is 4. The summed E-state index contributed by atoms with van der Waals surface area (Å²) in [6.07, 6.45) is -5.02. The van der Waals surface area contributed by atoms with Crippen LogP contribution in [-0.2, 0) is 22.2 Å². The minimum absolute atomic E-state index is 0.229. The fourth-order valence-electron chi connectivity index (χ4n) is 3.01. The van der Waals surface area contributed by atoms with Gasteiger partial charge in [0.1, 0.15) is 5.60 Å². The van der Waals surface area contributed by atoms with E-state index in [4.69, 9.17) is 4.74 Å². The van der Waals surface area contributed by atoms with Gasteiger partial charge >= 0.3 is 18.9 Å². The highest BCUT2D eigenvalue weighted by atomic mass is 19.4. The van der Waals surface area contributed by atoms with Crippen molar-refractivity contribution in [2.24, 2.45) is 0 Å². The van der Waals surface area contributed by atoms with E-state index in [1.165, 1.54) is 17.0 Å². The molecule has 164 valence electrons. The molecule has 0 unspecified atom stereocenters. The van der Waals surface area contributed by atoms with Crippen LogP contribution in [0.2, 0.25) is 0 Å². The van der Waals surface area contributed by atoms with Gasteiger partial charge in [0.15, 0.2) is 0 Å². The highest BCUT2D eigenvalue weighted by molar-refractivity contribution is 5.68. The first kappa shape index (κ1) is 23.3. The molecule has 2 rings (SSSR count). The minimum atomic E-state index is -4.41. The Morgan fingerprint density at radius 1 is 1.14 bits per heavy atom. The first-order valence-electron chi connectivity index (χ1n) is 9.13. The average molecular weight is 424 g/mol. The van der Waals surface area contributed by atoms with Crippen LogP contribution in [0.3, 0.4) is 0 Å². The Bertz CT molecular complexity index is 674. The van der Waals surface area contributed by atoms with Crippen molar-refractivity contribution >= 4 is 6.09 Å². The highest BCUT2D eigenvalue weighted by Crippen LogP contribution is 2.29. The summed E-state index contributed by atoms with van der Waals surface area (Å²) in [6.45, 7) is 2.97. The van der Waals surface area contributed by atoms with Crippen LogP contribution in [0.1, 0.15) is 31.9 Å². The van der Waals surface area contributed by atoms with Crippen molar-refractivity contribution in [3.05, 3.63) is 35.4 Å². The van der Waals surface area contributed by atoms with Crippen molar-refractivity contribution < 1.29 is 36.2 Å². The molecule has 0 spiro atoms. The van der Waals surface area contributed by atoms with Gasteiger partial charge < -0.3 is 14.4 Å². The number of piperazine rings is 1. The van der Waals surface area contributed by atoms with Crippen LogP contribution in [0.25, 0.3) is 0 Å². The van der Waals surface area contributed by atoms with Gasteiger partial charge in [-0.1, -0.05) is 12.1 Å². The van der Waals surface area contributed by atoms with Gasteiger partial charge in [0.25, 0.3) is 0 Å². The third-order valence-corrected chi connectivity index (χ3v) is 4.30. The third kappa shape index (κ3) is 7.43. The summed E-state index contributed by atoms with van der Waals surface area (Å²) in [5.41, 5.74) is -0.820. The number of nitrogens with zero attached hydrogens (tertiary/aromatic N) is 2. The van der Waals surface area contributed by atoms with Crippen molar-refractivity contribution in [2.75, 3.05) is 26.2 Å². The fraction of sp³-hybridized carbons (Fsp3) is 0.632. The summed E-state index contributed by atoms with van der Waals surface area (Å²) in [6, 6.07) is 4.11. The van der Waals surface area contributed by atoms with Crippen molar-refractivity contribution in [3.63, 3.8) is 0 Å². The van der Waals surface area contributed by atoms with Gasteiger partial charge in [0, 0.05) is 26.2 Å². The number of benzene rings is 1. The van der Waals surface area contributed by atoms with Gasteiger partial charge in [-0.2, -0.15) is 22.0 Å². The Hall–Kier alpha value is -1.94. The maximum Gasteiger partial charge on any atom is 0.416 e. The molecule has 0 N–H and O–H groups in total. The normalized spacial score (nSPS) is 18.9. The number of rotatable bonds is 5. The monoisotopic (exact) mass is 424 g/mol. The summed E-state index contributed by atoms with van der Waals surface area (Å²) < 4.78 is 72.8. The molecule has 5 nitrogen and oxygen atoms in total. The van der Waals surface area contributed by atoms with Crippen molar-refractivity contribution in [2.45, 2.75) is 51.7 Å². The molecule has 0 aliphatic carbocycles. The maximum atomic E-state index is 12.7. The number of ether oxygens (including phenoxy) is 2. The van der Waals surface area contributed by atoms with E-state index in [9.17, 15) is 26.7 Å². The van der Waals surface area contributed by atoms with Crippen LogP contribution in [0.5, 0.6) is 0 Å². The van der Waals surface area contributed by atoms with E-state index < -0.39 is 36.1 Å². The fourth-order valence-corrected chi connectivity index (χ4v) is 3.01. The zero-order valence-corrected chi connectivity index (χ0v) is 16.5. The number of amides is 1. The topological polar surface area (TPSA) is 42.0 Å². The highest BCUT2D eigenvalue weighted by Gasteiger charge is 2.34. The average Bonchev–Trinajstić information content (AvgIpc) is 2.58. The summed E-state index contributed by atoms with van der Waals surface area (Å²) in [7, 11) is 0. The number of alkyl halides is 5. The summed E-state index contributed by atoms with van der Waals surface area (Å²) in [5.74, 6) is 0. The maximum absolute atomic E-state index is 12.7. The molecule has 1 aromatic carbocycles. The molecule has 1 aliphatic rings. The SMILES string of the molecule is CC(C)(C)OC(=O)N1CCN(Cc2ccc(C(F)(F)F)cc2)C[C@H]1COC(F)F. The van der Waals surface area contributed by atoms with Crippen molar-refractivity contribution in [1.82, 2.24) is 9.80 Å². The Kier molecular flexibility index (Phi) is 7.45. The number of carbonyl (C=O) groups is 1. The van der Waals surface area contributed by atoms with E-state index in [0.717, 1.165) is 12.1 Å². The predicted molar refractivity (Wildman–Crippen MR) is 95.4 cm³/mol. The van der Waals surface area contributed by atoms with Crippen LogP contribution in [0.4, 0.5) is 26.7 Å². The van der Waals surface area contributed by atoms with Crippen molar-refractivity contribution in [3.8, 4) is 0 Å². The molecule has 0 radical (unpaired) electrons. The molecule has 1 saturated heterocycles. The Morgan fingerprint density at radius 3 is 2.28 bits per heavy atom. The lowest BCUT2D eigenvalue weighted by Crippen LogP contribution is -2.57. The first-order chi connectivity index (χ1) is 13.3. The van der Waals surface area contributed by atoms with Crippen LogP contribution >= 0.6 is 0 Å². The van der Waals surface area contributed by atoms with Crippen LogP contribution in [0, 0.1) is 0 Å². The van der Waals surface area contributed by atoms with Gasteiger partial charge in [-0.25, -0.2) is 4.79 Å². The van der Waals surface area contributed by atoms with Crippen LogP contribution in [-0.4, -0.2) is 60.4 Å². The van der Waals surface area contributed by atoms with Gasteiger partial charge in [-0.15, -0.1) is 0 Å². The predicted octanol–water partition coefficient (Wildman–Crippen LogP) is 4.37. The van der Waals surface area contributed by atoms with Gasteiger partial charge in [0.05, 0.1) is 18.2 Å². The molecule has 10 heteroatoms. The van der Waals surface area contributed by atoms with Crippen molar-refractivity contribution in [1.29, 1.82) is 0 Å². The minimum Gasteiger partial charge on any atom is -0.444 e. The lowest BCUT2D eigenvalue weighted by molar-refractivity contribution is -0.145. The third-order valence-electron chi connectivity index (χ3n) is 4.30. The van der Waals surface area contributed by atoms with E-state index in [1.807, 2.05) is 4.90 Å².